The Kier molecular flexibility index (Phi) is 7.52. The summed E-state index contributed by atoms with van der Waals surface area (Å²) in [4.78, 5) is 9.17. The summed E-state index contributed by atoms with van der Waals surface area (Å²) in [6.07, 6.45) is 2.61. The standard InChI is InChI=1S/C9H13N.C3H6O/c1-3-8-6-4-5-7-9(8)10-2;1-2-3-4/h4-7,10H,3H2,1-2H3;3H,2H2,1H3. The molecule has 0 aliphatic carbocycles. The molecular weight excluding hydrogens is 174 g/mol. The van der Waals surface area contributed by atoms with Crippen LogP contribution in [-0.4, -0.2) is 13.3 Å². The van der Waals surface area contributed by atoms with Crippen LogP contribution in [0.25, 0.3) is 0 Å². The molecule has 1 rings (SSSR count). The number of para-hydroxylation sites is 1. The first-order valence-electron chi connectivity index (χ1n) is 4.99. The Morgan fingerprint density at radius 1 is 1.29 bits per heavy atom. The minimum Gasteiger partial charge on any atom is -0.388 e. The van der Waals surface area contributed by atoms with Crippen LogP contribution in [-0.2, 0) is 11.2 Å². The molecule has 0 fully saturated rings. The molecule has 0 saturated carbocycles. The van der Waals surface area contributed by atoms with E-state index in [2.05, 4.69) is 30.4 Å². The minimum absolute atomic E-state index is 0.639. The van der Waals surface area contributed by atoms with Gasteiger partial charge in [0, 0.05) is 19.2 Å². The van der Waals surface area contributed by atoms with E-state index in [0.717, 1.165) is 12.7 Å². The Morgan fingerprint density at radius 2 is 1.86 bits per heavy atom. The van der Waals surface area contributed by atoms with E-state index < -0.39 is 0 Å². The lowest BCUT2D eigenvalue weighted by Gasteiger charge is -2.04. The fourth-order valence-corrected chi connectivity index (χ4v) is 1.07. The minimum atomic E-state index is 0.639. The summed E-state index contributed by atoms with van der Waals surface area (Å²) >= 11 is 0. The monoisotopic (exact) mass is 193 g/mol. The van der Waals surface area contributed by atoms with E-state index in [1.807, 2.05) is 20.0 Å². The van der Waals surface area contributed by atoms with Gasteiger partial charge in [-0.25, -0.2) is 0 Å². The Balaban J connectivity index is 0.000000364. The highest BCUT2D eigenvalue weighted by Crippen LogP contribution is 2.13. The Bertz CT molecular complexity index is 235. The van der Waals surface area contributed by atoms with Gasteiger partial charge in [-0.3, -0.25) is 0 Å². The van der Waals surface area contributed by atoms with E-state index in [1.54, 1.807) is 0 Å². The van der Waals surface area contributed by atoms with Gasteiger partial charge in [0.2, 0.25) is 0 Å². The lowest BCUT2D eigenvalue weighted by Crippen LogP contribution is -1.92. The van der Waals surface area contributed by atoms with E-state index in [0.29, 0.717) is 6.42 Å². The molecule has 1 aromatic carbocycles. The molecule has 0 spiro atoms. The molecule has 0 aliphatic heterocycles. The predicted octanol–water partition coefficient (Wildman–Crippen LogP) is 2.89. The second-order valence-corrected chi connectivity index (χ2v) is 2.84. The zero-order chi connectivity index (χ0) is 10.8. The number of nitrogens with one attached hydrogen (secondary N) is 1. The maximum atomic E-state index is 9.17. The van der Waals surface area contributed by atoms with Gasteiger partial charge >= 0.3 is 0 Å². The summed E-state index contributed by atoms with van der Waals surface area (Å²) < 4.78 is 0. The van der Waals surface area contributed by atoms with Gasteiger partial charge in [0.05, 0.1) is 0 Å². The van der Waals surface area contributed by atoms with Gasteiger partial charge in [-0.05, 0) is 18.1 Å². The van der Waals surface area contributed by atoms with Gasteiger partial charge in [0.1, 0.15) is 6.29 Å². The van der Waals surface area contributed by atoms with Crippen LogP contribution < -0.4 is 5.32 Å². The number of anilines is 1. The van der Waals surface area contributed by atoms with Crippen LogP contribution in [0.15, 0.2) is 24.3 Å². The molecule has 2 heteroatoms. The smallest absolute Gasteiger partial charge is 0.119 e. The summed E-state index contributed by atoms with van der Waals surface area (Å²) in [7, 11) is 1.95. The molecule has 0 saturated heterocycles. The molecule has 0 atom stereocenters. The van der Waals surface area contributed by atoms with Crippen molar-refractivity contribution in [3.05, 3.63) is 29.8 Å². The number of carbonyl (C=O) groups excluding carboxylic acids is 1. The van der Waals surface area contributed by atoms with Gasteiger partial charge in [0.25, 0.3) is 0 Å². The maximum absolute atomic E-state index is 9.17. The molecule has 0 aromatic heterocycles. The molecular formula is C12H19NO. The SMILES string of the molecule is CCC=O.CCc1ccccc1NC. The van der Waals surface area contributed by atoms with Crippen LogP contribution in [0.1, 0.15) is 25.8 Å². The number of aldehydes is 1. The number of aryl methyl sites for hydroxylation is 1. The summed E-state index contributed by atoms with van der Waals surface area (Å²) in [5, 5.41) is 3.15. The maximum Gasteiger partial charge on any atom is 0.119 e. The van der Waals surface area contributed by atoms with Crippen molar-refractivity contribution >= 4 is 12.0 Å². The summed E-state index contributed by atoms with van der Waals surface area (Å²) in [5.41, 5.74) is 2.62. The molecule has 0 radical (unpaired) electrons. The summed E-state index contributed by atoms with van der Waals surface area (Å²) in [6, 6.07) is 8.36. The van der Waals surface area contributed by atoms with Gasteiger partial charge < -0.3 is 10.1 Å². The first kappa shape index (κ1) is 12.7. The highest BCUT2D eigenvalue weighted by Gasteiger charge is 1.93. The number of hydrogen-bond donors (Lipinski definition) is 1. The van der Waals surface area contributed by atoms with Crippen LogP contribution in [0, 0.1) is 0 Å². The third kappa shape index (κ3) is 4.65. The zero-order valence-corrected chi connectivity index (χ0v) is 9.21. The molecule has 78 valence electrons. The number of benzene rings is 1. The van der Waals surface area contributed by atoms with Gasteiger partial charge in [-0.2, -0.15) is 0 Å². The van der Waals surface area contributed by atoms with Crippen molar-refractivity contribution in [3.8, 4) is 0 Å². The van der Waals surface area contributed by atoms with Crippen molar-refractivity contribution in [1.29, 1.82) is 0 Å². The number of rotatable bonds is 3. The number of hydrogen-bond acceptors (Lipinski definition) is 2. The van der Waals surface area contributed by atoms with E-state index in [4.69, 9.17) is 0 Å². The largest absolute Gasteiger partial charge is 0.388 e. The van der Waals surface area contributed by atoms with Crippen molar-refractivity contribution in [2.75, 3.05) is 12.4 Å². The van der Waals surface area contributed by atoms with Crippen LogP contribution in [0.5, 0.6) is 0 Å². The Labute approximate surface area is 86.3 Å². The quantitative estimate of drug-likeness (QED) is 0.748. The van der Waals surface area contributed by atoms with Crippen LogP contribution in [0.4, 0.5) is 5.69 Å². The van der Waals surface area contributed by atoms with Crippen LogP contribution in [0.2, 0.25) is 0 Å². The summed E-state index contributed by atoms with van der Waals surface area (Å²) in [6.45, 7) is 3.98. The first-order chi connectivity index (χ1) is 6.79. The van der Waals surface area contributed by atoms with Crippen LogP contribution >= 0.6 is 0 Å². The van der Waals surface area contributed by atoms with E-state index in [9.17, 15) is 4.79 Å². The molecule has 1 aromatic rings. The van der Waals surface area contributed by atoms with Crippen molar-refractivity contribution in [2.45, 2.75) is 26.7 Å². The zero-order valence-electron chi connectivity index (χ0n) is 9.21. The fraction of sp³-hybridized carbons (Fsp3) is 0.417. The van der Waals surface area contributed by atoms with Crippen molar-refractivity contribution in [1.82, 2.24) is 0 Å². The van der Waals surface area contributed by atoms with Gasteiger partial charge in [-0.1, -0.05) is 32.0 Å². The molecule has 0 heterocycles. The van der Waals surface area contributed by atoms with Crippen molar-refractivity contribution in [2.24, 2.45) is 0 Å². The molecule has 2 nitrogen and oxygen atoms in total. The molecule has 14 heavy (non-hydrogen) atoms. The highest BCUT2D eigenvalue weighted by molar-refractivity contribution is 5.50. The molecule has 1 N–H and O–H groups in total. The first-order valence-corrected chi connectivity index (χ1v) is 4.99. The van der Waals surface area contributed by atoms with E-state index >= 15 is 0 Å². The molecule has 0 aliphatic rings. The average molecular weight is 193 g/mol. The number of carbonyl (C=O) groups is 1. The predicted molar refractivity (Wildman–Crippen MR) is 61.7 cm³/mol. The average Bonchev–Trinajstić information content (AvgIpc) is 2.29. The van der Waals surface area contributed by atoms with E-state index in [1.165, 1.54) is 11.3 Å². The second kappa shape index (κ2) is 8.30. The van der Waals surface area contributed by atoms with Gasteiger partial charge in [0.15, 0.2) is 0 Å². The highest BCUT2D eigenvalue weighted by atomic mass is 16.1. The lowest BCUT2D eigenvalue weighted by molar-refractivity contribution is -0.107. The van der Waals surface area contributed by atoms with Gasteiger partial charge in [-0.15, -0.1) is 0 Å². The Hall–Kier alpha value is -1.31. The summed E-state index contributed by atoms with van der Waals surface area (Å²) in [5.74, 6) is 0. The van der Waals surface area contributed by atoms with E-state index in [-0.39, 0.29) is 0 Å². The second-order valence-electron chi connectivity index (χ2n) is 2.84. The molecule has 0 unspecified atom stereocenters. The normalized spacial score (nSPS) is 8.50. The Morgan fingerprint density at radius 3 is 2.21 bits per heavy atom. The van der Waals surface area contributed by atoms with Crippen molar-refractivity contribution in [3.63, 3.8) is 0 Å². The van der Waals surface area contributed by atoms with Crippen LogP contribution in [0.3, 0.4) is 0 Å². The topological polar surface area (TPSA) is 29.1 Å². The molecule has 0 amide bonds. The lowest BCUT2D eigenvalue weighted by atomic mass is 10.1. The fourth-order valence-electron chi connectivity index (χ4n) is 1.07. The molecule has 0 bridgehead atoms. The third-order valence-electron chi connectivity index (χ3n) is 1.83. The van der Waals surface area contributed by atoms with Crippen molar-refractivity contribution < 1.29 is 4.79 Å². The third-order valence-corrected chi connectivity index (χ3v) is 1.83.